The zero-order valence-electron chi connectivity index (χ0n) is 28.5. The summed E-state index contributed by atoms with van der Waals surface area (Å²) in [6.07, 6.45) is 0. The number of fused-ring (bicyclic) bond motifs is 4. The second kappa shape index (κ2) is 18.2. The molecule has 6 aromatic carbocycles. The van der Waals surface area contributed by atoms with Gasteiger partial charge in [-0.1, -0.05) is 133 Å². The number of hydrogen-bond donors (Lipinski definition) is 0. The molecule has 16 heteroatoms. The molecule has 6 nitrogen and oxygen atoms in total. The van der Waals surface area contributed by atoms with Gasteiger partial charge in [-0.3, -0.25) is 0 Å². The van der Waals surface area contributed by atoms with E-state index >= 15 is 0 Å². The first-order valence-corrected chi connectivity index (χ1v) is 23.3. The Balaban J connectivity index is 0.000000157. The lowest BCUT2D eigenvalue weighted by atomic mass is 9.85. The van der Waals surface area contributed by atoms with Crippen LogP contribution < -0.4 is 42.4 Å². The number of halogens is 8. The maximum absolute atomic E-state index is 10.7. The fourth-order valence-corrected chi connectivity index (χ4v) is 11.8. The second-order valence-electron chi connectivity index (χ2n) is 11.8. The van der Waals surface area contributed by atoms with Crippen LogP contribution in [0.2, 0.25) is 0 Å². The third-order valence-corrected chi connectivity index (χ3v) is 15.5. The third kappa shape index (κ3) is 10.8. The largest absolute Gasteiger partial charge is 0.741 e. The Kier molecular flexibility index (Phi) is 14.1. The summed E-state index contributed by atoms with van der Waals surface area (Å²) in [7, 11) is -12.2. The van der Waals surface area contributed by atoms with E-state index in [1.807, 2.05) is 0 Å². The van der Waals surface area contributed by atoms with Crippen molar-refractivity contribution in [3.05, 3.63) is 205 Å². The molecule has 2 aliphatic heterocycles. The minimum absolute atomic E-state index is 0.0439. The highest BCUT2D eigenvalue weighted by atomic mass is 127. The highest BCUT2D eigenvalue weighted by Crippen LogP contribution is 2.34. The van der Waals surface area contributed by atoms with E-state index in [9.17, 15) is 26.3 Å². The average molecular weight is 1040 g/mol. The lowest BCUT2D eigenvalue weighted by Gasteiger charge is -2.21. The van der Waals surface area contributed by atoms with Gasteiger partial charge in [0.15, 0.2) is 34.5 Å². The van der Waals surface area contributed by atoms with Crippen LogP contribution in [-0.2, 0) is 20.2 Å². The van der Waals surface area contributed by atoms with E-state index in [1.165, 1.54) is 33.4 Å². The molecule has 0 radical (unpaired) electrons. The van der Waals surface area contributed by atoms with Crippen LogP contribution >= 0.6 is 0 Å². The standard InChI is InChI=1S/2C19H14I.2CHF3O3S/c2*1-2-8-14(9-3-1)19-15-10-4-6-12-17(15)20-18-13-7-5-11-16(18)19;2*2-1(3,4)8(5,6)7/h2*1-13,19H;2*(H,5,6,7)/q2*+1;;/p-2. The minimum atomic E-state index is -6.09. The lowest BCUT2D eigenvalue weighted by Crippen LogP contribution is -3.62. The predicted molar refractivity (Wildman–Crippen MR) is 187 cm³/mol. The summed E-state index contributed by atoms with van der Waals surface area (Å²) in [4.78, 5) is 0. The van der Waals surface area contributed by atoms with Gasteiger partial charge >= 0.3 is 53.4 Å². The highest BCUT2D eigenvalue weighted by Gasteiger charge is 2.39. The van der Waals surface area contributed by atoms with E-state index in [0.29, 0.717) is 11.8 Å². The molecular formula is C40H28F6I2O6S2. The molecule has 6 aromatic rings. The number of benzene rings is 6. The van der Waals surface area contributed by atoms with E-state index in [2.05, 4.69) is 158 Å². The lowest BCUT2D eigenvalue weighted by molar-refractivity contribution is -0.602. The van der Waals surface area contributed by atoms with E-state index in [4.69, 9.17) is 25.9 Å². The SMILES string of the molecule is O=S(=O)([O-])C(F)(F)F.O=S(=O)([O-])C(F)(F)F.c1ccc(C2c3ccccc3[I+]c3ccccc32)cc1.c1ccc(C2c3ccccc3[I+]c3ccccc32)cc1. The van der Waals surface area contributed by atoms with Crippen molar-refractivity contribution < 1.29 is 94.7 Å². The summed E-state index contributed by atoms with van der Waals surface area (Å²) in [5.41, 5.74) is -2.47. The maximum atomic E-state index is 10.7. The average Bonchev–Trinajstić information content (AvgIpc) is 3.16. The molecule has 0 N–H and O–H groups in total. The Labute approximate surface area is 340 Å². The predicted octanol–water partition coefficient (Wildman–Crippen LogP) is 2.72. The van der Waals surface area contributed by atoms with Gasteiger partial charge in [0.1, 0.15) is 0 Å². The van der Waals surface area contributed by atoms with Crippen LogP contribution in [0.4, 0.5) is 26.3 Å². The Morgan fingerprint density at radius 1 is 0.375 bits per heavy atom. The van der Waals surface area contributed by atoms with E-state index < -0.39 is 31.3 Å². The van der Waals surface area contributed by atoms with Crippen molar-refractivity contribution in [3.8, 4) is 0 Å². The summed E-state index contributed by atoms with van der Waals surface area (Å²) in [5.74, 6) is 0.800. The molecule has 0 atom stereocenters. The molecule has 0 saturated carbocycles. The molecule has 56 heavy (non-hydrogen) atoms. The van der Waals surface area contributed by atoms with Gasteiger partial charge in [-0.25, -0.2) is 16.8 Å². The van der Waals surface area contributed by atoms with Crippen LogP contribution in [0.15, 0.2) is 158 Å². The van der Waals surface area contributed by atoms with E-state index in [0.717, 1.165) is 0 Å². The summed E-state index contributed by atoms with van der Waals surface area (Å²) in [6, 6.07) is 57.6. The normalized spacial score (nSPS) is 13.7. The smallest absolute Gasteiger partial charge is 0.485 e. The van der Waals surface area contributed by atoms with Crippen LogP contribution in [0.25, 0.3) is 0 Å². The highest BCUT2D eigenvalue weighted by molar-refractivity contribution is 7.86. The van der Waals surface area contributed by atoms with Crippen LogP contribution in [0, 0.1) is 14.3 Å². The molecule has 2 heterocycles. The molecule has 2 aliphatic rings. The minimum Gasteiger partial charge on any atom is -0.741 e. The monoisotopic (exact) mass is 1040 g/mol. The fourth-order valence-electron chi connectivity index (χ4n) is 5.74. The molecule has 0 spiro atoms. The van der Waals surface area contributed by atoms with Gasteiger partial charge in [-0.2, -0.15) is 26.3 Å². The second-order valence-corrected chi connectivity index (χ2v) is 20.2. The van der Waals surface area contributed by atoms with Gasteiger partial charge in [-0.15, -0.1) is 0 Å². The molecule has 0 aliphatic carbocycles. The first-order chi connectivity index (χ1) is 26.4. The number of hydrogen-bond acceptors (Lipinski definition) is 6. The number of rotatable bonds is 2. The maximum Gasteiger partial charge on any atom is 0.485 e. The molecule has 8 rings (SSSR count). The van der Waals surface area contributed by atoms with Crippen LogP contribution in [0.5, 0.6) is 0 Å². The van der Waals surface area contributed by atoms with Crippen molar-refractivity contribution in [1.29, 1.82) is 0 Å². The van der Waals surface area contributed by atoms with Crippen molar-refractivity contribution in [3.63, 3.8) is 0 Å². The van der Waals surface area contributed by atoms with Crippen molar-refractivity contribution in [2.75, 3.05) is 0 Å². The van der Waals surface area contributed by atoms with E-state index in [1.54, 1.807) is 14.3 Å². The van der Waals surface area contributed by atoms with Gasteiger partial charge < -0.3 is 9.11 Å². The molecule has 0 saturated heterocycles. The van der Waals surface area contributed by atoms with Gasteiger partial charge in [0.2, 0.25) is 0 Å². The van der Waals surface area contributed by atoms with Crippen molar-refractivity contribution >= 4 is 20.2 Å². The quantitative estimate of drug-likeness (QED) is 0.114. The van der Waals surface area contributed by atoms with Crippen molar-refractivity contribution in [2.45, 2.75) is 22.9 Å². The number of alkyl halides is 6. The fraction of sp³-hybridized carbons (Fsp3) is 0.100. The summed E-state index contributed by atoms with van der Waals surface area (Å²) in [6.45, 7) is 0. The van der Waals surface area contributed by atoms with Gasteiger partial charge in [0, 0.05) is 34.1 Å². The first kappa shape index (κ1) is 43.3. The van der Waals surface area contributed by atoms with Crippen LogP contribution in [-0.4, -0.2) is 37.0 Å². The van der Waals surface area contributed by atoms with Gasteiger partial charge in [0.05, 0.1) is 0 Å². The Morgan fingerprint density at radius 2 is 0.571 bits per heavy atom. The molecular weight excluding hydrogens is 1010 g/mol. The summed E-state index contributed by atoms with van der Waals surface area (Å²) < 4.78 is 124. The zero-order valence-corrected chi connectivity index (χ0v) is 34.4. The topological polar surface area (TPSA) is 114 Å². The Bertz CT molecular complexity index is 2220. The van der Waals surface area contributed by atoms with Crippen LogP contribution in [0.3, 0.4) is 0 Å². The molecule has 0 bridgehead atoms. The van der Waals surface area contributed by atoms with Crippen molar-refractivity contribution in [2.24, 2.45) is 0 Å². The van der Waals surface area contributed by atoms with Crippen molar-refractivity contribution in [1.82, 2.24) is 0 Å². The molecule has 292 valence electrons. The first-order valence-electron chi connectivity index (χ1n) is 16.2. The molecule has 0 amide bonds. The Morgan fingerprint density at radius 3 is 0.786 bits per heavy atom. The molecule has 0 unspecified atom stereocenters. The van der Waals surface area contributed by atoms with E-state index in [-0.39, 0.29) is 42.4 Å². The summed E-state index contributed by atoms with van der Waals surface area (Å²) >= 11 is -0.0877. The van der Waals surface area contributed by atoms with Crippen LogP contribution in [0.1, 0.15) is 45.2 Å². The third-order valence-electron chi connectivity index (χ3n) is 8.10. The van der Waals surface area contributed by atoms with Gasteiger partial charge in [0.25, 0.3) is 0 Å². The molecule has 0 aromatic heterocycles. The Hall–Kier alpha value is -3.82. The molecule has 0 fully saturated rings. The van der Waals surface area contributed by atoms with Gasteiger partial charge in [-0.05, 0) is 35.4 Å². The zero-order chi connectivity index (χ0) is 40.7. The summed E-state index contributed by atoms with van der Waals surface area (Å²) in [5, 5.41) is 0.